The van der Waals surface area contributed by atoms with Gasteiger partial charge in [0.05, 0.1) is 31.8 Å². The number of rotatable bonds is 4. The number of aliphatic hydroxyl groups excluding tert-OH is 4. The highest BCUT2D eigenvalue weighted by molar-refractivity contribution is 5.62. The predicted octanol–water partition coefficient (Wildman–Crippen LogP) is -3.15. The molecular formula is C7H20N2O6. The zero-order valence-electron chi connectivity index (χ0n) is 8.63. The summed E-state index contributed by atoms with van der Waals surface area (Å²) in [6, 6.07) is 0. The van der Waals surface area contributed by atoms with Crippen molar-refractivity contribution in [2.75, 3.05) is 26.4 Å². The van der Waals surface area contributed by atoms with Crippen LogP contribution < -0.4 is 11.7 Å². The Morgan fingerprint density at radius 2 is 1.13 bits per heavy atom. The molecule has 8 heteroatoms. The molecule has 0 aromatic rings. The van der Waals surface area contributed by atoms with Crippen LogP contribution in [-0.2, 0) is 4.79 Å². The van der Waals surface area contributed by atoms with Crippen molar-refractivity contribution >= 4 is 5.97 Å². The number of aliphatic carboxylic acids is 1. The topological polar surface area (TPSA) is 170 Å². The van der Waals surface area contributed by atoms with Gasteiger partial charge in [-0.15, -0.1) is 0 Å². The highest BCUT2D eigenvalue weighted by atomic mass is 16.4. The minimum absolute atomic E-state index is 0.406. The zero-order chi connectivity index (χ0) is 12.9. The standard InChI is InChI=1S/C5H12O4.C2H4O2.H4N2/c6-1-5(2-7,3-8)4-9;1-2(3)4;1-2/h6-9H,1-4H2;1H3,(H,3,4);1-2H2. The highest BCUT2D eigenvalue weighted by Gasteiger charge is 2.26. The van der Waals surface area contributed by atoms with Crippen LogP contribution in [0.1, 0.15) is 6.92 Å². The minimum atomic E-state index is -1.11. The summed E-state index contributed by atoms with van der Waals surface area (Å²) in [5.41, 5.74) is -1.11. The third-order valence-corrected chi connectivity index (χ3v) is 1.34. The van der Waals surface area contributed by atoms with Crippen molar-refractivity contribution in [3.05, 3.63) is 0 Å². The lowest BCUT2D eigenvalue weighted by Gasteiger charge is -2.23. The summed E-state index contributed by atoms with van der Waals surface area (Å²) in [4.78, 5) is 9.00. The lowest BCUT2D eigenvalue weighted by Crippen LogP contribution is -2.37. The van der Waals surface area contributed by atoms with E-state index in [1.54, 1.807) is 0 Å². The van der Waals surface area contributed by atoms with Crippen molar-refractivity contribution in [1.82, 2.24) is 0 Å². The van der Waals surface area contributed by atoms with Crippen LogP contribution in [0.5, 0.6) is 0 Å². The first-order chi connectivity index (χ1) is 6.97. The Hall–Kier alpha value is -0.770. The van der Waals surface area contributed by atoms with Gasteiger partial charge in [-0.25, -0.2) is 0 Å². The number of hydrazine groups is 1. The zero-order valence-corrected chi connectivity index (χ0v) is 8.63. The quantitative estimate of drug-likeness (QED) is 0.195. The fourth-order valence-corrected chi connectivity index (χ4v) is 0.300. The van der Waals surface area contributed by atoms with Crippen molar-refractivity contribution in [2.45, 2.75) is 6.92 Å². The maximum Gasteiger partial charge on any atom is 0.300 e. The van der Waals surface area contributed by atoms with Gasteiger partial charge in [-0.05, 0) is 0 Å². The van der Waals surface area contributed by atoms with Crippen LogP contribution in [0.15, 0.2) is 0 Å². The van der Waals surface area contributed by atoms with E-state index in [0.717, 1.165) is 6.92 Å². The molecule has 0 atom stereocenters. The Morgan fingerprint density at radius 1 is 1.00 bits per heavy atom. The first kappa shape index (κ1) is 19.7. The Morgan fingerprint density at radius 3 is 1.13 bits per heavy atom. The normalized spacial score (nSPS) is 9.27. The molecule has 0 aromatic carbocycles. The summed E-state index contributed by atoms with van der Waals surface area (Å²) in [7, 11) is 0. The summed E-state index contributed by atoms with van der Waals surface area (Å²) in [5, 5.41) is 41.4. The second kappa shape index (κ2) is 13.2. The van der Waals surface area contributed by atoms with Crippen LogP contribution in [0.4, 0.5) is 0 Å². The molecule has 0 saturated carbocycles. The van der Waals surface area contributed by atoms with Gasteiger partial charge in [0.2, 0.25) is 0 Å². The maximum absolute atomic E-state index is 9.00. The Labute approximate surface area is 87.7 Å². The number of hydrogen-bond donors (Lipinski definition) is 7. The molecule has 15 heavy (non-hydrogen) atoms. The van der Waals surface area contributed by atoms with E-state index in [-0.39, 0.29) is 0 Å². The van der Waals surface area contributed by atoms with Gasteiger partial charge in [0.25, 0.3) is 5.97 Å². The Kier molecular flexibility index (Phi) is 17.4. The lowest BCUT2D eigenvalue weighted by molar-refractivity contribution is -0.134. The predicted molar refractivity (Wildman–Crippen MR) is 52.5 cm³/mol. The molecule has 0 aromatic heterocycles. The number of carbonyl (C=O) groups is 1. The summed E-state index contributed by atoms with van der Waals surface area (Å²) < 4.78 is 0. The van der Waals surface area contributed by atoms with Crippen LogP contribution in [0.2, 0.25) is 0 Å². The van der Waals surface area contributed by atoms with E-state index in [4.69, 9.17) is 30.3 Å². The molecule has 0 bridgehead atoms. The smallest absolute Gasteiger partial charge is 0.300 e. The van der Waals surface area contributed by atoms with Gasteiger partial charge in [-0.1, -0.05) is 0 Å². The van der Waals surface area contributed by atoms with E-state index in [0.29, 0.717) is 0 Å². The van der Waals surface area contributed by atoms with Crippen molar-refractivity contribution in [3.63, 3.8) is 0 Å². The molecule has 0 heterocycles. The maximum atomic E-state index is 9.00. The van der Waals surface area contributed by atoms with Gasteiger partial charge >= 0.3 is 0 Å². The first-order valence-electron chi connectivity index (χ1n) is 3.94. The summed E-state index contributed by atoms with van der Waals surface area (Å²) >= 11 is 0. The molecule has 0 fully saturated rings. The highest BCUT2D eigenvalue weighted by Crippen LogP contribution is 2.11. The largest absolute Gasteiger partial charge is 0.481 e. The number of nitrogens with two attached hydrogens (primary N) is 2. The van der Waals surface area contributed by atoms with Crippen molar-refractivity contribution < 1.29 is 30.3 Å². The SMILES string of the molecule is CC(=O)O.NN.OCC(CO)(CO)CO. The molecule has 0 rings (SSSR count). The second-order valence-corrected chi connectivity index (χ2v) is 2.65. The number of carboxylic acid groups (broad SMARTS) is 1. The van der Waals surface area contributed by atoms with Gasteiger partial charge in [-0.2, -0.15) is 0 Å². The average molecular weight is 228 g/mol. The number of aliphatic hydroxyl groups is 4. The number of carboxylic acids is 1. The molecule has 0 unspecified atom stereocenters. The molecule has 0 aliphatic rings. The molecule has 94 valence electrons. The van der Waals surface area contributed by atoms with Crippen molar-refractivity contribution in [2.24, 2.45) is 17.1 Å². The van der Waals surface area contributed by atoms with Crippen LogP contribution in [0, 0.1) is 5.41 Å². The van der Waals surface area contributed by atoms with Gasteiger partial charge in [0, 0.05) is 6.92 Å². The van der Waals surface area contributed by atoms with Crippen LogP contribution in [0.25, 0.3) is 0 Å². The molecule has 0 amide bonds. The molecule has 0 aliphatic carbocycles. The van der Waals surface area contributed by atoms with E-state index in [1.807, 2.05) is 0 Å². The van der Waals surface area contributed by atoms with Gasteiger partial charge < -0.3 is 25.5 Å². The summed E-state index contributed by atoms with van der Waals surface area (Å²) in [6.45, 7) is -0.542. The van der Waals surface area contributed by atoms with Gasteiger partial charge in [0.15, 0.2) is 0 Å². The fraction of sp³-hybridized carbons (Fsp3) is 0.857. The van der Waals surface area contributed by atoms with E-state index in [2.05, 4.69) is 11.7 Å². The Bertz CT molecular complexity index is 118. The van der Waals surface area contributed by atoms with E-state index >= 15 is 0 Å². The number of hydrogen-bond acceptors (Lipinski definition) is 7. The molecule has 8 nitrogen and oxygen atoms in total. The second-order valence-electron chi connectivity index (χ2n) is 2.65. The van der Waals surface area contributed by atoms with Crippen molar-refractivity contribution in [3.8, 4) is 0 Å². The van der Waals surface area contributed by atoms with Crippen LogP contribution in [-0.4, -0.2) is 57.9 Å². The summed E-state index contributed by atoms with van der Waals surface area (Å²) in [6.07, 6.45) is 0. The molecular weight excluding hydrogens is 208 g/mol. The fourth-order valence-electron chi connectivity index (χ4n) is 0.300. The first-order valence-corrected chi connectivity index (χ1v) is 3.94. The van der Waals surface area contributed by atoms with E-state index in [1.165, 1.54) is 0 Å². The van der Waals surface area contributed by atoms with Gasteiger partial charge in [0.1, 0.15) is 0 Å². The average Bonchev–Trinajstić information content (AvgIpc) is 2.24. The minimum Gasteiger partial charge on any atom is -0.481 e. The lowest BCUT2D eigenvalue weighted by atomic mass is 9.93. The third-order valence-electron chi connectivity index (χ3n) is 1.34. The van der Waals surface area contributed by atoms with Crippen LogP contribution >= 0.6 is 0 Å². The van der Waals surface area contributed by atoms with E-state index < -0.39 is 37.8 Å². The van der Waals surface area contributed by atoms with E-state index in [9.17, 15) is 0 Å². The molecule has 0 radical (unpaired) electrons. The Balaban J connectivity index is -0.000000202. The summed E-state index contributed by atoms with van der Waals surface area (Å²) in [5.74, 6) is 7.17. The molecule has 9 N–H and O–H groups in total. The van der Waals surface area contributed by atoms with Crippen molar-refractivity contribution in [1.29, 1.82) is 0 Å². The third kappa shape index (κ3) is 13.2. The molecule has 0 aliphatic heterocycles. The molecule has 0 spiro atoms. The monoisotopic (exact) mass is 228 g/mol. The van der Waals surface area contributed by atoms with Crippen LogP contribution in [0.3, 0.4) is 0 Å². The van der Waals surface area contributed by atoms with Gasteiger partial charge in [-0.3, -0.25) is 16.5 Å². The molecule has 0 saturated heterocycles.